The summed E-state index contributed by atoms with van der Waals surface area (Å²) >= 11 is 0. The number of Topliss-reactive ketones (excluding diaryl/α,β-unsaturated/α-hetero) is 1. The molecule has 0 saturated carbocycles. The van der Waals surface area contributed by atoms with E-state index in [4.69, 9.17) is 10.5 Å². The van der Waals surface area contributed by atoms with Crippen LogP contribution in [0.5, 0.6) is 0 Å². The van der Waals surface area contributed by atoms with E-state index in [9.17, 15) is 9.59 Å². The van der Waals surface area contributed by atoms with Crippen LogP contribution in [0.25, 0.3) is 0 Å². The molecule has 0 spiro atoms. The quantitative estimate of drug-likeness (QED) is 0.715. The van der Waals surface area contributed by atoms with Gasteiger partial charge in [-0.15, -0.1) is 0 Å². The minimum Gasteiger partial charge on any atom is -0.460 e. The van der Waals surface area contributed by atoms with Crippen LogP contribution < -0.4 is 11.1 Å². The van der Waals surface area contributed by atoms with E-state index >= 15 is 0 Å². The minimum absolute atomic E-state index is 0.0387. The maximum atomic E-state index is 11.8. The van der Waals surface area contributed by atoms with Crippen LogP contribution in [0.1, 0.15) is 40.0 Å². The molecule has 1 fully saturated rings. The van der Waals surface area contributed by atoms with Gasteiger partial charge in [0.2, 0.25) is 0 Å². The van der Waals surface area contributed by atoms with Gasteiger partial charge in [-0.1, -0.05) is 32.1 Å². The number of ether oxygens (including phenoxy) is 1. The van der Waals surface area contributed by atoms with Crippen molar-refractivity contribution in [1.82, 2.24) is 5.32 Å². The van der Waals surface area contributed by atoms with E-state index in [1.165, 1.54) is 6.92 Å². The fourth-order valence-corrected chi connectivity index (χ4v) is 2.94. The molecule has 0 unspecified atom stereocenters. The summed E-state index contributed by atoms with van der Waals surface area (Å²) in [4.78, 5) is 23.4. The SMILES string of the molecule is C=C1/C(=C/C2=C(C(C)=O)COC(=O)C2)NC/C1=C/C(=C/CCC)[C@H](C)N. The van der Waals surface area contributed by atoms with Gasteiger partial charge in [-0.3, -0.25) is 9.59 Å². The lowest BCUT2D eigenvalue weighted by Gasteiger charge is -2.17. The Morgan fingerprint density at radius 2 is 2.19 bits per heavy atom. The molecule has 0 radical (unpaired) electrons. The van der Waals surface area contributed by atoms with Gasteiger partial charge in [0.25, 0.3) is 0 Å². The van der Waals surface area contributed by atoms with Gasteiger partial charge in [-0.2, -0.15) is 0 Å². The first-order valence-corrected chi connectivity index (χ1v) is 9.03. The highest BCUT2D eigenvalue weighted by Crippen LogP contribution is 2.28. The van der Waals surface area contributed by atoms with E-state index in [1.54, 1.807) is 0 Å². The highest BCUT2D eigenvalue weighted by atomic mass is 16.5. The average Bonchev–Trinajstić information content (AvgIpc) is 2.91. The molecule has 1 saturated heterocycles. The molecule has 0 aromatic heterocycles. The molecule has 1 atom stereocenters. The Morgan fingerprint density at radius 3 is 2.81 bits per heavy atom. The van der Waals surface area contributed by atoms with Crippen LogP contribution in [0.3, 0.4) is 0 Å². The van der Waals surface area contributed by atoms with Gasteiger partial charge in [0, 0.05) is 23.9 Å². The van der Waals surface area contributed by atoms with Crippen molar-refractivity contribution < 1.29 is 14.3 Å². The normalized spacial score (nSPS) is 22.7. The van der Waals surface area contributed by atoms with Crippen LogP contribution in [0.4, 0.5) is 0 Å². The Hall–Kier alpha value is -2.40. The number of rotatable bonds is 6. The third-order valence-corrected chi connectivity index (χ3v) is 4.56. The van der Waals surface area contributed by atoms with Crippen LogP contribution in [0.15, 0.2) is 58.4 Å². The van der Waals surface area contributed by atoms with E-state index in [0.717, 1.165) is 35.3 Å². The smallest absolute Gasteiger partial charge is 0.310 e. The van der Waals surface area contributed by atoms with Crippen LogP contribution in [0.2, 0.25) is 0 Å². The monoisotopic (exact) mass is 356 g/mol. The standard InChI is InChI=1S/C21H28N2O3/c1-5-6-7-16(14(3)22)8-18-11-23-20(13(18)2)9-17-10-21(25)26-12-19(17)15(4)24/h7-9,14,23H,2,5-6,10-12,22H2,1,3-4H3/b16-7-,18-8-,20-9-/t14-/m0/s1. The summed E-state index contributed by atoms with van der Waals surface area (Å²) in [7, 11) is 0. The van der Waals surface area contributed by atoms with E-state index in [-0.39, 0.29) is 30.8 Å². The van der Waals surface area contributed by atoms with Gasteiger partial charge in [-0.25, -0.2) is 0 Å². The number of esters is 1. The number of nitrogens with one attached hydrogen (secondary N) is 1. The summed E-state index contributed by atoms with van der Waals surface area (Å²) in [6.45, 7) is 10.5. The largest absolute Gasteiger partial charge is 0.460 e. The van der Waals surface area contributed by atoms with Crippen molar-refractivity contribution in [3.63, 3.8) is 0 Å². The number of hydrogen-bond donors (Lipinski definition) is 2. The average molecular weight is 356 g/mol. The Kier molecular flexibility index (Phi) is 6.75. The Balaban J connectivity index is 2.30. The molecule has 2 heterocycles. The molecule has 0 aliphatic carbocycles. The van der Waals surface area contributed by atoms with E-state index in [0.29, 0.717) is 17.7 Å². The third-order valence-electron chi connectivity index (χ3n) is 4.56. The highest BCUT2D eigenvalue weighted by Gasteiger charge is 2.24. The zero-order chi connectivity index (χ0) is 19.3. The molecule has 0 aromatic carbocycles. The van der Waals surface area contributed by atoms with Gasteiger partial charge < -0.3 is 15.8 Å². The van der Waals surface area contributed by atoms with Crippen molar-refractivity contribution >= 4 is 11.8 Å². The van der Waals surface area contributed by atoms with Gasteiger partial charge in [0.15, 0.2) is 5.78 Å². The molecule has 5 heteroatoms. The number of cyclic esters (lactones) is 1. The lowest BCUT2D eigenvalue weighted by molar-refractivity contribution is -0.143. The first kappa shape index (κ1) is 19.9. The molecule has 5 nitrogen and oxygen atoms in total. The summed E-state index contributed by atoms with van der Waals surface area (Å²) < 4.78 is 4.99. The molecule has 0 amide bonds. The number of hydrogen-bond acceptors (Lipinski definition) is 5. The number of carbonyl (C=O) groups excluding carboxylic acids is 2. The van der Waals surface area contributed by atoms with Crippen molar-refractivity contribution in [2.75, 3.05) is 13.2 Å². The molecule has 2 aliphatic heterocycles. The van der Waals surface area contributed by atoms with Gasteiger partial charge in [0.1, 0.15) is 6.61 Å². The Morgan fingerprint density at radius 1 is 1.46 bits per heavy atom. The predicted octanol–water partition coefficient (Wildman–Crippen LogP) is 2.86. The van der Waals surface area contributed by atoms with Crippen LogP contribution in [-0.2, 0) is 14.3 Å². The number of nitrogens with two attached hydrogens (primary N) is 1. The molecule has 140 valence electrons. The number of carbonyl (C=O) groups is 2. The molecule has 0 aromatic rings. The summed E-state index contributed by atoms with van der Waals surface area (Å²) in [6.07, 6.45) is 8.27. The molecule has 2 rings (SSSR count). The first-order chi connectivity index (χ1) is 12.3. The van der Waals surface area contributed by atoms with Crippen molar-refractivity contribution in [2.45, 2.75) is 46.1 Å². The number of allylic oxidation sites excluding steroid dienone is 3. The fraction of sp³-hybridized carbons (Fsp3) is 0.429. The number of unbranched alkanes of at least 4 members (excludes halogenated alkanes) is 1. The van der Waals surface area contributed by atoms with E-state index in [1.807, 2.05) is 13.0 Å². The summed E-state index contributed by atoms with van der Waals surface area (Å²) in [5.74, 6) is -0.395. The maximum Gasteiger partial charge on any atom is 0.310 e. The summed E-state index contributed by atoms with van der Waals surface area (Å²) in [5, 5.41) is 3.31. The highest BCUT2D eigenvalue weighted by molar-refractivity contribution is 5.97. The Bertz CT molecular complexity index is 736. The molecule has 3 N–H and O–H groups in total. The van der Waals surface area contributed by atoms with Gasteiger partial charge in [-0.05, 0) is 48.6 Å². The van der Waals surface area contributed by atoms with Crippen LogP contribution in [-0.4, -0.2) is 30.9 Å². The Labute approximate surface area is 155 Å². The molecule has 2 aliphatic rings. The summed E-state index contributed by atoms with van der Waals surface area (Å²) in [5.41, 5.74) is 11.2. The van der Waals surface area contributed by atoms with Gasteiger partial charge >= 0.3 is 5.97 Å². The summed E-state index contributed by atoms with van der Waals surface area (Å²) in [6, 6.07) is -0.0463. The van der Waals surface area contributed by atoms with Crippen LogP contribution in [0, 0.1) is 0 Å². The molecule has 0 bridgehead atoms. The second-order valence-electron chi connectivity index (χ2n) is 6.74. The first-order valence-electron chi connectivity index (χ1n) is 9.03. The molecule has 26 heavy (non-hydrogen) atoms. The number of ketones is 1. The second kappa shape index (κ2) is 8.81. The topological polar surface area (TPSA) is 81.4 Å². The zero-order valence-corrected chi connectivity index (χ0v) is 15.9. The third kappa shape index (κ3) is 4.82. The van der Waals surface area contributed by atoms with Crippen molar-refractivity contribution in [2.24, 2.45) is 5.73 Å². The van der Waals surface area contributed by atoms with Crippen molar-refractivity contribution in [1.29, 1.82) is 0 Å². The van der Waals surface area contributed by atoms with E-state index in [2.05, 4.69) is 31.0 Å². The van der Waals surface area contributed by atoms with Crippen molar-refractivity contribution in [3.05, 3.63) is 58.4 Å². The lowest BCUT2D eigenvalue weighted by Crippen LogP contribution is -2.20. The fourth-order valence-electron chi connectivity index (χ4n) is 2.94. The molecular formula is C21H28N2O3. The zero-order valence-electron chi connectivity index (χ0n) is 15.9. The van der Waals surface area contributed by atoms with Crippen molar-refractivity contribution in [3.8, 4) is 0 Å². The van der Waals surface area contributed by atoms with E-state index < -0.39 is 0 Å². The van der Waals surface area contributed by atoms with Gasteiger partial charge in [0.05, 0.1) is 6.42 Å². The molecular weight excluding hydrogens is 328 g/mol. The lowest BCUT2D eigenvalue weighted by atomic mass is 9.97. The second-order valence-corrected chi connectivity index (χ2v) is 6.74. The maximum absolute atomic E-state index is 11.8. The van der Waals surface area contributed by atoms with Crippen LogP contribution >= 0.6 is 0 Å². The minimum atomic E-state index is -0.317. The predicted molar refractivity (Wildman–Crippen MR) is 103 cm³/mol.